The zero-order valence-electron chi connectivity index (χ0n) is 7.79. The van der Waals surface area contributed by atoms with Gasteiger partial charge in [0.1, 0.15) is 0 Å². The van der Waals surface area contributed by atoms with Crippen molar-refractivity contribution in [3.63, 3.8) is 0 Å². The molecule has 0 atom stereocenters. The summed E-state index contributed by atoms with van der Waals surface area (Å²) in [5.41, 5.74) is 2.85. The summed E-state index contributed by atoms with van der Waals surface area (Å²) in [5.74, 6) is 0. The average molecular weight is 201 g/mol. The summed E-state index contributed by atoms with van der Waals surface area (Å²) in [7, 11) is 0. The fourth-order valence-corrected chi connectivity index (χ4v) is 2.87. The van der Waals surface area contributed by atoms with Crippen LogP contribution < -0.4 is 5.32 Å². The third-order valence-electron chi connectivity index (χ3n) is 2.63. The van der Waals surface area contributed by atoms with E-state index in [2.05, 4.69) is 41.0 Å². The largest absolute Gasteiger partial charge is 0.309 e. The van der Waals surface area contributed by atoms with Crippen molar-refractivity contribution in [2.24, 2.45) is 0 Å². The Morgan fingerprint density at radius 2 is 2.21 bits per heavy atom. The van der Waals surface area contributed by atoms with Crippen LogP contribution in [0.3, 0.4) is 0 Å². The molecule has 2 heteroatoms. The van der Waals surface area contributed by atoms with Crippen LogP contribution >= 0.6 is 11.3 Å². The average Bonchev–Trinajstić information content (AvgIpc) is 2.88. The summed E-state index contributed by atoms with van der Waals surface area (Å²) in [6.07, 6.45) is 2.29. The van der Waals surface area contributed by atoms with Gasteiger partial charge in [-0.3, -0.25) is 0 Å². The van der Waals surface area contributed by atoms with E-state index in [1.54, 1.807) is 0 Å². The van der Waals surface area contributed by atoms with Crippen LogP contribution in [0.25, 0.3) is 15.7 Å². The molecule has 0 unspecified atom stereocenters. The predicted octanol–water partition coefficient (Wildman–Crippen LogP) is 2.89. The molecule has 1 aliphatic rings. The van der Waals surface area contributed by atoms with Gasteiger partial charge in [0.25, 0.3) is 0 Å². The van der Waals surface area contributed by atoms with Gasteiger partial charge in [-0.1, -0.05) is 24.3 Å². The summed E-state index contributed by atoms with van der Waals surface area (Å²) >= 11 is 1.83. The molecule has 14 heavy (non-hydrogen) atoms. The number of hydrogen-bond donors (Lipinski definition) is 1. The monoisotopic (exact) mass is 201 g/mol. The second-order valence-electron chi connectivity index (χ2n) is 3.50. The Labute approximate surface area is 87.1 Å². The first-order chi connectivity index (χ1) is 6.95. The van der Waals surface area contributed by atoms with Crippen LogP contribution in [-0.2, 0) is 0 Å². The zero-order chi connectivity index (χ0) is 9.38. The number of hydrogen-bond acceptors (Lipinski definition) is 2. The number of nitrogens with one attached hydrogen (secondary N) is 1. The lowest BCUT2D eigenvalue weighted by atomic mass is 10.1. The van der Waals surface area contributed by atoms with Crippen molar-refractivity contribution in [2.45, 2.75) is 0 Å². The second kappa shape index (κ2) is 3.23. The van der Waals surface area contributed by atoms with E-state index in [1.807, 2.05) is 11.3 Å². The van der Waals surface area contributed by atoms with E-state index in [9.17, 15) is 0 Å². The van der Waals surface area contributed by atoms with Gasteiger partial charge in [0.15, 0.2) is 0 Å². The Bertz CT molecular complexity index is 496. The van der Waals surface area contributed by atoms with Crippen LogP contribution in [0, 0.1) is 0 Å². The fraction of sp³-hybridized carbons (Fsp3) is 0.167. The first-order valence-corrected chi connectivity index (χ1v) is 5.69. The highest BCUT2D eigenvalue weighted by Gasteiger charge is 2.09. The van der Waals surface area contributed by atoms with Crippen molar-refractivity contribution in [2.75, 3.05) is 13.1 Å². The highest BCUT2D eigenvalue weighted by Crippen LogP contribution is 2.30. The van der Waals surface area contributed by atoms with Crippen molar-refractivity contribution in [3.8, 4) is 0 Å². The second-order valence-corrected chi connectivity index (χ2v) is 4.42. The standard InChI is InChI=1S/C12H11NS/c1-2-9-5-7-14-12(9)11(3-1)10-4-6-13-8-10/h1-5,7,13H,6,8H2. The Morgan fingerprint density at radius 1 is 1.21 bits per heavy atom. The minimum Gasteiger partial charge on any atom is -0.309 e. The van der Waals surface area contributed by atoms with E-state index in [1.165, 1.54) is 21.2 Å². The Morgan fingerprint density at radius 3 is 3.07 bits per heavy atom. The van der Waals surface area contributed by atoms with Crippen LogP contribution in [-0.4, -0.2) is 13.1 Å². The van der Waals surface area contributed by atoms with Gasteiger partial charge < -0.3 is 5.32 Å². The Balaban J connectivity index is 2.24. The molecule has 0 spiro atoms. The number of thiophene rings is 1. The molecule has 1 aromatic heterocycles. The zero-order valence-corrected chi connectivity index (χ0v) is 8.60. The van der Waals surface area contributed by atoms with Gasteiger partial charge in [0.2, 0.25) is 0 Å². The number of fused-ring (bicyclic) bond motifs is 1. The summed E-state index contributed by atoms with van der Waals surface area (Å²) in [5, 5.41) is 6.86. The minimum absolute atomic E-state index is 1.01. The summed E-state index contributed by atoms with van der Waals surface area (Å²) in [6, 6.07) is 8.73. The van der Waals surface area contributed by atoms with Gasteiger partial charge >= 0.3 is 0 Å². The molecule has 0 fully saturated rings. The molecule has 0 saturated carbocycles. The van der Waals surface area contributed by atoms with Crippen LogP contribution in [0.15, 0.2) is 35.7 Å². The summed E-state index contributed by atoms with van der Waals surface area (Å²) in [4.78, 5) is 0. The van der Waals surface area contributed by atoms with Crippen LogP contribution in [0.1, 0.15) is 5.56 Å². The molecular formula is C12H11NS. The SMILES string of the molecule is C1=C(c2cccc3ccsc23)CNC1. The van der Waals surface area contributed by atoms with Crippen molar-refractivity contribution in [1.82, 2.24) is 5.32 Å². The maximum absolute atomic E-state index is 3.34. The molecule has 2 heterocycles. The van der Waals surface area contributed by atoms with Crippen LogP contribution in [0.2, 0.25) is 0 Å². The van der Waals surface area contributed by atoms with E-state index in [0.29, 0.717) is 0 Å². The fourth-order valence-electron chi connectivity index (χ4n) is 1.93. The first-order valence-electron chi connectivity index (χ1n) is 4.81. The maximum Gasteiger partial charge on any atom is 0.0418 e. The lowest BCUT2D eigenvalue weighted by molar-refractivity contribution is 0.898. The molecule has 70 valence electrons. The molecular weight excluding hydrogens is 190 g/mol. The molecule has 0 saturated heterocycles. The van der Waals surface area contributed by atoms with E-state index in [0.717, 1.165) is 13.1 Å². The quantitative estimate of drug-likeness (QED) is 0.748. The van der Waals surface area contributed by atoms with Gasteiger partial charge in [0, 0.05) is 17.8 Å². The van der Waals surface area contributed by atoms with E-state index in [4.69, 9.17) is 0 Å². The smallest absolute Gasteiger partial charge is 0.0418 e. The van der Waals surface area contributed by atoms with Crippen molar-refractivity contribution >= 4 is 27.0 Å². The Kier molecular flexibility index (Phi) is 1.89. The van der Waals surface area contributed by atoms with E-state index >= 15 is 0 Å². The first kappa shape index (κ1) is 8.21. The van der Waals surface area contributed by atoms with Gasteiger partial charge in [-0.05, 0) is 28.0 Å². The molecule has 2 aromatic rings. The maximum atomic E-state index is 3.34. The molecule has 1 aromatic carbocycles. The van der Waals surface area contributed by atoms with Gasteiger partial charge in [0.05, 0.1) is 0 Å². The highest BCUT2D eigenvalue weighted by atomic mass is 32.1. The van der Waals surface area contributed by atoms with Gasteiger partial charge in [-0.15, -0.1) is 11.3 Å². The van der Waals surface area contributed by atoms with Crippen molar-refractivity contribution in [3.05, 3.63) is 41.3 Å². The normalized spacial score (nSPS) is 16.1. The highest BCUT2D eigenvalue weighted by molar-refractivity contribution is 7.17. The predicted molar refractivity (Wildman–Crippen MR) is 62.7 cm³/mol. The summed E-state index contributed by atoms with van der Waals surface area (Å²) < 4.78 is 1.42. The van der Waals surface area contributed by atoms with Gasteiger partial charge in [-0.25, -0.2) is 0 Å². The molecule has 0 bridgehead atoms. The number of rotatable bonds is 1. The molecule has 0 aliphatic carbocycles. The van der Waals surface area contributed by atoms with E-state index < -0.39 is 0 Å². The lowest BCUT2D eigenvalue weighted by Crippen LogP contribution is -2.07. The Hall–Kier alpha value is -1.12. The molecule has 3 rings (SSSR count). The van der Waals surface area contributed by atoms with Crippen molar-refractivity contribution in [1.29, 1.82) is 0 Å². The number of benzene rings is 1. The molecule has 1 aliphatic heterocycles. The van der Waals surface area contributed by atoms with Crippen LogP contribution in [0.4, 0.5) is 0 Å². The minimum atomic E-state index is 1.01. The van der Waals surface area contributed by atoms with Crippen molar-refractivity contribution < 1.29 is 0 Å². The van der Waals surface area contributed by atoms with E-state index in [-0.39, 0.29) is 0 Å². The lowest BCUT2D eigenvalue weighted by Gasteiger charge is -2.03. The molecule has 0 radical (unpaired) electrons. The third kappa shape index (κ3) is 1.19. The van der Waals surface area contributed by atoms with Gasteiger partial charge in [-0.2, -0.15) is 0 Å². The third-order valence-corrected chi connectivity index (χ3v) is 3.60. The molecule has 1 nitrogen and oxygen atoms in total. The topological polar surface area (TPSA) is 12.0 Å². The van der Waals surface area contributed by atoms with Crippen LogP contribution in [0.5, 0.6) is 0 Å². The molecule has 1 N–H and O–H groups in total. The summed E-state index contributed by atoms with van der Waals surface area (Å²) in [6.45, 7) is 2.02. The molecule has 0 amide bonds.